The Morgan fingerprint density at radius 1 is 0.833 bits per heavy atom. The second kappa shape index (κ2) is 14.0. The van der Waals surface area contributed by atoms with Gasteiger partial charge in [0.05, 0.1) is 13.2 Å². The van der Waals surface area contributed by atoms with E-state index in [1.54, 1.807) is 0 Å². The summed E-state index contributed by atoms with van der Waals surface area (Å²) in [6, 6.07) is 0. The maximum atomic E-state index is 11.5. The third-order valence-corrected chi connectivity index (χ3v) is 4.16. The van der Waals surface area contributed by atoms with E-state index in [0.29, 0.717) is 13.2 Å². The molecule has 1 rings (SSSR count). The van der Waals surface area contributed by atoms with Gasteiger partial charge >= 0.3 is 11.9 Å². The quantitative estimate of drug-likeness (QED) is 0.309. The molecular formula is C19H33NO4. The van der Waals surface area contributed by atoms with Gasteiger partial charge in [0.2, 0.25) is 0 Å². The van der Waals surface area contributed by atoms with Crippen LogP contribution in [0.3, 0.4) is 0 Å². The van der Waals surface area contributed by atoms with E-state index < -0.39 is 11.9 Å². The Balaban J connectivity index is 1.96. The van der Waals surface area contributed by atoms with Crippen LogP contribution in [0.4, 0.5) is 0 Å². The first-order chi connectivity index (χ1) is 11.7. The molecule has 0 radical (unpaired) electrons. The van der Waals surface area contributed by atoms with Gasteiger partial charge in [0, 0.05) is 12.2 Å². The van der Waals surface area contributed by atoms with Gasteiger partial charge in [0.15, 0.2) is 0 Å². The van der Waals surface area contributed by atoms with Crippen molar-refractivity contribution in [2.75, 3.05) is 32.8 Å². The van der Waals surface area contributed by atoms with Crippen molar-refractivity contribution in [2.45, 2.75) is 64.7 Å². The molecule has 0 unspecified atom stereocenters. The topological polar surface area (TPSA) is 55.8 Å². The fraction of sp³-hybridized carbons (Fsp3) is 0.789. The standard InChI is InChI=1S/C19H33NO4/c1-2-3-4-9-16-23-18(21)11-12-19(22)24-17-10-8-15-20-13-6-5-7-14-20/h11-12H,2-10,13-17H2,1H3/b12-11+. The van der Waals surface area contributed by atoms with Gasteiger partial charge in [-0.05, 0) is 51.7 Å². The number of rotatable bonds is 12. The molecule has 1 aliphatic rings. The Hall–Kier alpha value is -1.36. The van der Waals surface area contributed by atoms with Gasteiger partial charge in [0.1, 0.15) is 0 Å². The summed E-state index contributed by atoms with van der Waals surface area (Å²) in [7, 11) is 0. The lowest BCUT2D eigenvalue weighted by Gasteiger charge is -2.26. The number of hydrogen-bond acceptors (Lipinski definition) is 5. The molecule has 138 valence electrons. The molecule has 1 fully saturated rings. The predicted octanol–water partition coefficient (Wildman–Crippen LogP) is 3.48. The molecule has 0 aromatic rings. The fourth-order valence-electron chi connectivity index (χ4n) is 2.73. The summed E-state index contributed by atoms with van der Waals surface area (Å²) in [6.45, 7) is 6.43. The van der Waals surface area contributed by atoms with Crippen molar-refractivity contribution in [3.63, 3.8) is 0 Å². The van der Waals surface area contributed by atoms with Gasteiger partial charge in [-0.25, -0.2) is 9.59 Å². The molecule has 0 aromatic heterocycles. The van der Waals surface area contributed by atoms with Crippen molar-refractivity contribution in [1.82, 2.24) is 4.90 Å². The smallest absolute Gasteiger partial charge is 0.331 e. The lowest BCUT2D eigenvalue weighted by atomic mass is 10.1. The Bertz CT molecular complexity index is 376. The molecule has 0 bridgehead atoms. The summed E-state index contributed by atoms with van der Waals surface area (Å²) in [5.41, 5.74) is 0. The van der Waals surface area contributed by atoms with Crippen LogP contribution < -0.4 is 0 Å². The van der Waals surface area contributed by atoms with Gasteiger partial charge in [-0.3, -0.25) is 0 Å². The van der Waals surface area contributed by atoms with Crippen molar-refractivity contribution in [3.05, 3.63) is 12.2 Å². The molecule has 24 heavy (non-hydrogen) atoms. The van der Waals surface area contributed by atoms with E-state index in [1.165, 1.54) is 32.4 Å². The fourth-order valence-corrected chi connectivity index (χ4v) is 2.73. The molecule has 0 amide bonds. The number of nitrogens with zero attached hydrogens (tertiary/aromatic N) is 1. The molecule has 0 aromatic carbocycles. The molecule has 0 N–H and O–H groups in total. The number of likely N-dealkylation sites (tertiary alicyclic amines) is 1. The summed E-state index contributed by atoms with van der Waals surface area (Å²) in [5, 5.41) is 0. The Morgan fingerprint density at radius 3 is 2.00 bits per heavy atom. The lowest BCUT2D eigenvalue weighted by molar-refractivity contribution is -0.140. The Labute approximate surface area is 146 Å². The Morgan fingerprint density at radius 2 is 1.42 bits per heavy atom. The summed E-state index contributed by atoms with van der Waals surface area (Å²) >= 11 is 0. The highest BCUT2D eigenvalue weighted by Gasteiger charge is 2.09. The normalized spacial score (nSPS) is 15.5. The van der Waals surface area contributed by atoms with Crippen molar-refractivity contribution < 1.29 is 19.1 Å². The first-order valence-electron chi connectivity index (χ1n) is 9.46. The van der Waals surface area contributed by atoms with Crippen molar-refractivity contribution in [3.8, 4) is 0 Å². The molecule has 5 heteroatoms. The van der Waals surface area contributed by atoms with Gasteiger partial charge in [-0.15, -0.1) is 0 Å². The average Bonchev–Trinajstić information content (AvgIpc) is 2.60. The first-order valence-corrected chi connectivity index (χ1v) is 9.46. The van der Waals surface area contributed by atoms with E-state index in [-0.39, 0.29) is 0 Å². The summed E-state index contributed by atoms with van der Waals surface area (Å²) in [5.74, 6) is -0.954. The highest BCUT2D eigenvalue weighted by molar-refractivity contribution is 5.91. The van der Waals surface area contributed by atoms with Crippen LogP contribution in [0.25, 0.3) is 0 Å². The molecule has 5 nitrogen and oxygen atoms in total. The van der Waals surface area contributed by atoms with E-state index >= 15 is 0 Å². The van der Waals surface area contributed by atoms with Crippen LogP contribution in [-0.2, 0) is 19.1 Å². The van der Waals surface area contributed by atoms with Gasteiger partial charge in [-0.2, -0.15) is 0 Å². The minimum atomic E-state index is -0.478. The number of carbonyl (C=O) groups excluding carboxylic acids is 2. The van der Waals surface area contributed by atoms with E-state index in [2.05, 4.69) is 11.8 Å². The minimum Gasteiger partial charge on any atom is -0.463 e. The second-order valence-electron chi connectivity index (χ2n) is 6.34. The van der Waals surface area contributed by atoms with Crippen LogP contribution in [0.15, 0.2) is 12.2 Å². The highest BCUT2D eigenvalue weighted by Crippen LogP contribution is 2.09. The molecule has 0 aliphatic carbocycles. The van der Waals surface area contributed by atoms with Crippen molar-refractivity contribution in [1.29, 1.82) is 0 Å². The first kappa shape index (κ1) is 20.7. The zero-order valence-corrected chi connectivity index (χ0v) is 15.1. The maximum absolute atomic E-state index is 11.5. The Kier molecular flexibility index (Phi) is 12.1. The highest BCUT2D eigenvalue weighted by atomic mass is 16.5. The SMILES string of the molecule is CCCCCCOC(=O)/C=C/C(=O)OCCCCN1CCCCC1. The lowest BCUT2D eigenvalue weighted by Crippen LogP contribution is -2.30. The molecule has 0 spiro atoms. The van der Waals surface area contributed by atoms with E-state index in [1.807, 2.05) is 0 Å². The molecular weight excluding hydrogens is 306 g/mol. The third kappa shape index (κ3) is 11.2. The van der Waals surface area contributed by atoms with Gasteiger partial charge < -0.3 is 14.4 Å². The van der Waals surface area contributed by atoms with Crippen LogP contribution in [-0.4, -0.2) is 49.7 Å². The number of ether oxygens (including phenoxy) is 2. The monoisotopic (exact) mass is 339 g/mol. The molecule has 1 aliphatic heterocycles. The van der Waals surface area contributed by atoms with E-state index in [4.69, 9.17) is 9.47 Å². The largest absolute Gasteiger partial charge is 0.463 e. The summed E-state index contributed by atoms with van der Waals surface area (Å²) in [4.78, 5) is 25.4. The van der Waals surface area contributed by atoms with Crippen LogP contribution in [0.5, 0.6) is 0 Å². The van der Waals surface area contributed by atoms with E-state index in [9.17, 15) is 9.59 Å². The molecule has 0 saturated carbocycles. The minimum absolute atomic E-state index is 0.406. The number of carbonyl (C=O) groups is 2. The van der Waals surface area contributed by atoms with Gasteiger partial charge in [0.25, 0.3) is 0 Å². The van der Waals surface area contributed by atoms with Crippen LogP contribution >= 0.6 is 0 Å². The number of unbranched alkanes of at least 4 members (excludes halogenated alkanes) is 4. The number of piperidine rings is 1. The molecule has 1 saturated heterocycles. The van der Waals surface area contributed by atoms with Crippen molar-refractivity contribution in [2.24, 2.45) is 0 Å². The van der Waals surface area contributed by atoms with E-state index in [0.717, 1.165) is 57.2 Å². The molecule has 1 heterocycles. The predicted molar refractivity (Wildman–Crippen MR) is 94.7 cm³/mol. The van der Waals surface area contributed by atoms with Gasteiger partial charge in [-0.1, -0.05) is 32.6 Å². The van der Waals surface area contributed by atoms with Crippen LogP contribution in [0.2, 0.25) is 0 Å². The zero-order chi connectivity index (χ0) is 17.5. The molecule has 0 atom stereocenters. The van der Waals surface area contributed by atoms with Crippen molar-refractivity contribution >= 4 is 11.9 Å². The average molecular weight is 339 g/mol. The summed E-state index contributed by atoms with van der Waals surface area (Å²) in [6.07, 6.45) is 12.4. The number of esters is 2. The third-order valence-electron chi connectivity index (χ3n) is 4.16. The zero-order valence-electron chi connectivity index (χ0n) is 15.1. The summed E-state index contributed by atoms with van der Waals surface area (Å²) < 4.78 is 10.1. The number of hydrogen-bond donors (Lipinski definition) is 0. The van der Waals surface area contributed by atoms with Crippen LogP contribution in [0, 0.1) is 0 Å². The van der Waals surface area contributed by atoms with Crippen LogP contribution in [0.1, 0.15) is 64.7 Å². The second-order valence-corrected chi connectivity index (χ2v) is 6.34. The maximum Gasteiger partial charge on any atom is 0.331 e.